The number of carbonyl (C=O) groups excluding carboxylic acids is 2. The summed E-state index contributed by atoms with van der Waals surface area (Å²) in [5, 5.41) is 12.3. The van der Waals surface area contributed by atoms with Crippen molar-refractivity contribution in [1.82, 2.24) is 10.2 Å². The summed E-state index contributed by atoms with van der Waals surface area (Å²) in [5.74, 6) is -1.98. The zero-order valence-electron chi connectivity index (χ0n) is 22.1. The van der Waals surface area contributed by atoms with Gasteiger partial charge in [-0.2, -0.15) is 0 Å². The molecular formula is C27H42N2O5. The van der Waals surface area contributed by atoms with E-state index < -0.39 is 29.6 Å². The van der Waals surface area contributed by atoms with Crippen LogP contribution in [-0.2, 0) is 24.5 Å². The fourth-order valence-electron chi connectivity index (χ4n) is 4.31. The number of benzene rings is 1. The lowest BCUT2D eigenvalue weighted by atomic mass is 9.71. The Kier molecular flexibility index (Phi) is 11.0. The Hall–Kier alpha value is -2.67. The van der Waals surface area contributed by atoms with Crippen LogP contribution in [0.25, 0.3) is 0 Å². The first-order valence-corrected chi connectivity index (χ1v) is 11.9. The van der Waals surface area contributed by atoms with Gasteiger partial charge in [-0.3, -0.25) is 9.59 Å². The summed E-state index contributed by atoms with van der Waals surface area (Å²) in [7, 11) is 3.13. The predicted octanol–water partition coefficient (Wildman–Crippen LogP) is 4.02. The van der Waals surface area contributed by atoms with Gasteiger partial charge in [-0.15, -0.1) is 0 Å². The van der Waals surface area contributed by atoms with E-state index in [0.29, 0.717) is 6.42 Å². The number of methoxy groups -OCH3 is 1. The molecule has 34 heavy (non-hydrogen) atoms. The summed E-state index contributed by atoms with van der Waals surface area (Å²) < 4.78 is 5.46. The van der Waals surface area contributed by atoms with Gasteiger partial charge in [-0.25, -0.2) is 4.79 Å². The van der Waals surface area contributed by atoms with Crippen molar-refractivity contribution in [3.8, 4) is 0 Å². The second-order valence-electron chi connectivity index (χ2n) is 9.81. The molecule has 0 saturated heterocycles. The molecular weight excluding hydrogens is 432 g/mol. The molecule has 0 saturated carbocycles. The molecule has 4 atom stereocenters. The SMILES string of the molecule is CC[C@H](C(=O)N[C@H](C(=O)N(C)[C@H](/C=C(\C)C(=O)O)C(C)C)[C@@H](C)OC)C(C)(C)c1ccccc1. The van der Waals surface area contributed by atoms with E-state index in [4.69, 9.17) is 4.74 Å². The van der Waals surface area contributed by atoms with Gasteiger partial charge in [0.25, 0.3) is 0 Å². The van der Waals surface area contributed by atoms with Crippen molar-refractivity contribution >= 4 is 17.8 Å². The summed E-state index contributed by atoms with van der Waals surface area (Å²) in [6.07, 6.45) is 1.60. The standard InChI is InChI=1S/C27H42N2O5/c1-10-21(27(6,7)20-14-12-11-13-15-20)24(30)28-23(19(5)34-9)25(31)29(8)22(17(2)3)16-18(4)26(32)33/h11-17,19,21-23H,10H2,1-9H3,(H,28,30)(H,32,33)/b18-16+/t19-,21-,22-,23+/m1/s1. The number of aliphatic carboxylic acids is 1. The fourth-order valence-corrected chi connectivity index (χ4v) is 4.31. The molecule has 0 fully saturated rings. The minimum Gasteiger partial charge on any atom is -0.478 e. The summed E-state index contributed by atoms with van der Waals surface area (Å²) in [6.45, 7) is 13.1. The van der Waals surface area contributed by atoms with Crippen molar-refractivity contribution < 1.29 is 24.2 Å². The molecule has 2 N–H and O–H groups in total. The highest BCUT2D eigenvalue weighted by Gasteiger charge is 2.39. The Balaban J connectivity index is 3.25. The highest BCUT2D eigenvalue weighted by Crippen LogP contribution is 2.34. The average Bonchev–Trinajstić information content (AvgIpc) is 2.79. The summed E-state index contributed by atoms with van der Waals surface area (Å²) in [6, 6.07) is 8.50. The fraction of sp³-hybridized carbons (Fsp3) is 0.593. The van der Waals surface area contributed by atoms with Crippen molar-refractivity contribution in [3.05, 3.63) is 47.5 Å². The molecule has 0 spiro atoms. The number of hydrogen-bond acceptors (Lipinski definition) is 4. The lowest BCUT2D eigenvalue weighted by Crippen LogP contribution is -2.57. The molecule has 0 aliphatic heterocycles. The van der Waals surface area contributed by atoms with Gasteiger partial charge in [0.15, 0.2) is 0 Å². The largest absolute Gasteiger partial charge is 0.478 e. The number of carboxylic acid groups (broad SMARTS) is 1. The highest BCUT2D eigenvalue weighted by molar-refractivity contribution is 5.90. The second kappa shape index (κ2) is 12.7. The molecule has 0 aromatic heterocycles. The molecule has 1 rings (SSSR count). The molecule has 7 nitrogen and oxygen atoms in total. The van der Waals surface area contributed by atoms with Gasteiger partial charge in [0.05, 0.1) is 12.1 Å². The monoisotopic (exact) mass is 474 g/mol. The molecule has 7 heteroatoms. The first kappa shape index (κ1) is 29.4. The Morgan fingerprint density at radius 2 is 1.71 bits per heavy atom. The van der Waals surface area contributed by atoms with Gasteiger partial charge in [-0.05, 0) is 31.7 Å². The molecule has 2 amide bonds. The van der Waals surface area contributed by atoms with E-state index in [9.17, 15) is 19.5 Å². The molecule has 0 heterocycles. The van der Waals surface area contributed by atoms with E-state index in [1.807, 2.05) is 65.0 Å². The van der Waals surface area contributed by atoms with Gasteiger partial charge in [0.1, 0.15) is 6.04 Å². The summed E-state index contributed by atoms with van der Waals surface area (Å²) >= 11 is 0. The van der Waals surface area contributed by atoms with Crippen molar-refractivity contribution in [2.75, 3.05) is 14.2 Å². The molecule has 0 aliphatic carbocycles. The smallest absolute Gasteiger partial charge is 0.331 e. The van der Waals surface area contributed by atoms with Gasteiger partial charge in [0, 0.05) is 31.1 Å². The number of nitrogens with zero attached hydrogens (tertiary/aromatic N) is 1. The maximum atomic E-state index is 13.6. The highest BCUT2D eigenvalue weighted by atomic mass is 16.5. The number of hydrogen-bond donors (Lipinski definition) is 2. The zero-order chi connectivity index (χ0) is 26.2. The van der Waals surface area contributed by atoms with Gasteiger partial charge < -0.3 is 20.1 Å². The number of nitrogens with one attached hydrogen (secondary N) is 1. The Labute approximate surface area is 204 Å². The van der Waals surface area contributed by atoms with Crippen LogP contribution in [0.4, 0.5) is 0 Å². The molecule has 0 aliphatic rings. The van der Waals surface area contributed by atoms with Gasteiger partial charge in [-0.1, -0.05) is 71.0 Å². The Bertz CT molecular complexity index is 863. The lowest BCUT2D eigenvalue weighted by molar-refractivity contribution is -0.142. The number of ether oxygens (including phenoxy) is 1. The predicted molar refractivity (Wildman–Crippen MR) is 134 cm³/mol. The van der Waals surface area contributed by atoms with Crippen LogP contribution in [0.15, 0.2) is 42.0 Å². The van der Waals surface area contributed by atoms with Crippen LogP contribution in [0.2, 0.25) is 0 Å². The van der Waals surface area contributed by atoms with Gasteiger partial charge >= 0.3 is 5.97 Å². The van der Waals surface area contributed by atoms with Crippen LogP contribution in [0.1, 0.15) is 60.5 Å². The Morgan fingerprint density at radius 1 is 1.15 bits per heavy atom. The zero-order valence-corrected chi connectivity index (χ0v) is 22.1. The second-order valence-corrected chi connectivity index (χ2v) is 9.81. The first-order chi connectivity index (χ1) is 15.8. The van der Waals surface area contributed by atoms with Crippen LogP contribution in [0, 0.1) is 11.8 Å². The Morgan fingerprint density at radius 3 is 2.15 bits per heavy atom. The number of rotatable bonds is 12. The third-order valence-electron chi connectivity index (χ3n) is 6.75. The van der Waals surface area contributed by atoms with E-state index in [0.717, 1.165) is 5.56 Å². The maximum Gasteiger partial charge on any atom is 0.331 e. The van der Waals surface area contributed by atoms with E-state index in [1.54, 1.807) is 20.0 Å². The number of carboxylic acids is 1. The minimum atomic E-state index is -1.03. The van der Waals surface area contributed by atoms with Crippen LogP contribution in [-0.4, -0.2) is 60.1 Å². The number of likely N-dealkylation sites (N-methyl/N-ethyl adjacent to an activating group) is 1. The minimum absolute atomic E-state index is 0.0298. The molecule has 1 aromatic carbocycles. The van der Waals surface area contributed by atoms with E-state index >= 15 is 0 Å². The normalized spacial score (nSPS) is 15.9. The molecule has 190 valence electrons. The van der Waals surface area contributed by atoms with Crippen molar-refractivity contribution in [1.29, 1.82) is 0 Å². The molecule has 0 unspecified atom stereocenters. The molecule has 0 bridgehead atoms. The van der Waals surface area contributed by atoms with Crippen molar-refractivity contribution in [3.63, 3.8) is 0 Å². The third kappa shape index (κ3) is 7.16. The van der Waals surface area contributed by atoms with Gasteiger partial charge in [0.2, 0.25) is 11.8 Å². The van der Waals surface area contributed by atoms with E-state index in [-0.39, 0.29) is 29.2 Å². The van der Waals surface area contributed by atoms with Crippen LogP contribution < -0.4 is 5.32 Å². The molecule has 0 radical (unpaired) electrons. The average molecular weight is 475 g/mol. The van der Waals surface area contributed by atoms with Crippen molar-refractivity contribution in [2.24, 2.45) is 11.8 Å². The van der Waals surface area contributed by atoms with Crippen molar-refractivity contribution in [2.45, 2.75) is 78.5 Å². The lowest BCUT2D eigenvalue weighted by Gasteiger charge is -2.37. The number of amides is 2. The molecule has 1 aromatic rings. The first-order valence-electron chi connectivity index (χ1n) is 11.9. The van der Waals surface area contributed by atoms with Crippen LogP contribution in [0.3, 0.4) is 0 Å². The maximum absolute atomic E-state index is 13.6. The topological polar surface area (TPSA) is 95.9 Å². The number of carbonyl (C=O) groups is 3. The summed E-state index contributed by atoms with van der Waals surface area (Å²) in [4.78, 5) is 39.9. The van der Waals surface area contributed by atoms with E-state index in [1.165, 1.54) is 18.9 Å². The van der Waals surface area contributed by atoms with E-state index in [2.05, 4.69) is 5.32 Å². The quantitative estimate of drug-likeness (QED) is 0.446. The van der Waals surface area contributed by atoms with Crippen LogP contribution >= 0.6 is 0 Å². The third-order valence-corrected chi connectivity index (χ3v) is 6.75. The summed E-state index contributed by atoms with van der Waals surface area (Å²) in [5.41, 5.74) is 0.762. The van der Waals surface area contributed by atoms with Crippen LogP contribution in [0.5, 0.6) is 0 Å².